The van der Waals surface area contributed by atoms with Crippen LogP contribution in [0.5, 0.6) is 0 Å². The number of carbonyl (C=O) groups is 2. The molecule has 0 spiro atoms. The summed E-state index contributed by atoms with van der Waals surface area (Å²) in [5.74, 6) is -1.38. The van der Waals surface area contributed by atoms with Crippen molar-refractivity contribution in [3.05, 3.63) is 93.4 Å². The van der Waals surface area contributed by atoms with Crippen LogP contribution in [0, 0.1) is 3.57 Å². The predicted molar refractivity (Wildman–Crippen MR) is 143 cm³/mol. The summed E-state index contributed by atoms with van der Waals surface area (Å²) in [5.41, 5.74) is 2.04. The number of hydrogen-bond donors (Lipinski definition) is 2. The molecule has 0 aliphatic rings. The van der Waals surface area contributed by atoms with Gasteiger partial charge in [-0.25, -0.2) is 18.2 Å². The summed E-state index contributed by atoms with van der Waals surface area (Å²) < 4.78 is 33.9. The Morgan fingerprint density at radius 3 is 2.46 bits per heavy atom. The first-order valence-corrected chi connectivity index (χ1v) is 13.6. The normalized spacial score (nSPS) is 11.0. The Labute approximate surface area is 219 Å². The maximum atomic E-state index is 12.7. The molecule has 178 valence electrons. The fraction of sp³-hybridized carbons (Fsp3) is 0.0417. The van der Waals surface area contributed by atoms with Gasteiger partial charge in [-0.2, -0.15) is 0 Å². The topological polar surface area (TPSA) is 114 Å². The van der Waals surface area contributed by atoms with Crippen LogP contribution in [0.3, 0.4) is 0 Å². The van der Waals surface area contributed by atoms with E-state index in [0.29, 0.717) is 10.8 Å². The first-order chi connectivity index (χ1) is 16.8. The Balaban J connectivity index is 1.35. The average molecular weight is 619 g/mol. The Morgan fingerprint density at radius 1 is 0.971 bits per heavy atom. The quantitative estimate of drug-likeness (QED) is 0.212. The maximum Gasteiger partial charge on any atom is 0.338 e. The number of halogens is 1. The monoisotopic (exact) mass is 619 g/mol. The zero-order valence-electron chi connectivity index (χ0n) is 18.0. The fourth-order valence-electron chi connectivity index (χ4n) is 2.96. The number of nitrogens with one attached hydrogen (secondary N) is 2. The highest BCUT2D eigenvalue weighted by Gasteiger charge is 2.18. The lowest BCUT2D eigenvalue weighted by molar-refractivity contribution is -0.119. The molecule has 4 aromatic rings. The van der Waals surface area contributed by atoms with Crippen LogP contribution < -0.4 is 10.0 Å². The molecule has 0 bridgehead atoms. The number of amides is 1. The smallest absolute Gasteiger partial charge is 0.338 e. The van der Waals surface area contributed by atoms with E-state index in [-0.39, 0.29) is 10.5 Å². The first-order valence-electron chi connectivity index (χ1n) is 10.2. The summed E-state index contributed by atoms with van der Waals surface area (Å²) in [4.78, 5) is 28.9. The first kappa shape index (κ1) is 24.8. The Bertz CT molecular complexity index is 1460. The Hall–Kier alpha value is -3.29. The number of sulfonamides is 1. The van der Waals surface area contributed by atoms with Gasteiger partial charge < -0.3 is 4.74 Å². The van der Waals surface area contributed by atoms with E-state index in [1.807, 2.05) is 35.7 Å². The molecule has 35 heavy (non-hydrogen) atoms. The van der Waals surface area contributed by atoms with E-state index in [4.69, 9.17) is 4.74 Å². The van der Waals surface area contributed by atoms with Gasteiger partial charge in [-0.3, -0.25) is 14.8 Å². The SMILES string of the molecule is O=C(COC(=O)c1cccc(S(=O)(=O)Nc2ccc(I)cc2)c1)Nc1nc(-c2ccccc2)cs1. The van der Waals surface area contributed by atoms with Crippen molar-refractivity contribution in [1.29, 1.82) is 0 Å². The van der Waals surface area contributed by atoms with Crippen molar-refractivity contribution in [3.8, 4) is 11.3 Å². The number of nitrogens with zero attached hydrogens (tertiary/aromatic N) is 1. The van der Waals surface area contributed by atoms with E-state index in [1.54, 1.807) is 24.3 Å². The second-order valence-electron chi connectivity index (χ2n) is 7.17. The largest absolute Gasteiger partial charge is 0.452 e. The molecule has 0 radical (unpaired) electrons. The van der Waals surface area contributed by atoms with E-state index in [1.165, 1.54) is 35.6 Å². The van der Waals surface area contributed by atoms with E-state index < -0.39 is 28.5 Å². The molecule has 0 atom stereocenters. The highest BCUT2D eigenvalue weighted by atomic mass is 127. The third kappa shape index (κ3) is 6.65. The number of rotatable bonds is 8. The van der Waals surface area contributed by atoms with Crippen molar-refractivity contribution in [2.24, 2.45) is 0 Å². The molecule has 4 rings (SSSR count). The van der Waals surface area contributed by atoms with Gasteiger partial charge in [0.15, 0.2) is 11.7 Å². The van der Waals surface area contributed by atoms with Gasteiger partial charge in [0.2, 0.25) is 0 Å². The van der Waals surface area contributed by atoms with Gasteiger partial charge in [0, 0.05) is 20.2 Å². The van der Waals surface area contributed by atoms with Crippen molar-refractivity contribution < 1.29 is 22.7 Å². The molecule has 0 fully saturated rings. The molecule has 1 aromatic heterocycles. The number of carbonyl (C=O) groups excluding carboxylic acids is 2. The number of benzene rings is 3. The molecule has 1 heterocycles. The van der Waals surface area contributed by atoms with Crippen LogP contribution in [0.1, 0.15) is 10.4 Å². The molecule has 2 N–H and O–H groups in total. The maximum absolute atomic E-state index is 12.7. The summed E-state index contributed by atoms with van der Waals surface area (Å²) in [6, 6.07) is 21.7. The minimum atomic E-state index is -3.92. The fourth-order valence-corrected chi connectivity index (χ4v) is 5.16. The molecule has 0 saturated heterocycles. The molecular formula is C24H18IN3O5S2. The zero-order valence-corrected chi connectivity index (χ0v) is 21.8. The number of hydrogen-bond acceptors (Lipinski definition) is 7. The molecule has 3 aromatic carbocycles. The van der Waals surface area contributed by atoms with Gasteiger partial charge >= 0.3 is 5.97 Å². The van der Waals surface area contributed by atoms with Crippen LogP contribution in [0.25, 0.3) is 11.3 Å². The van der Waals surface area contributed by atoms with E-state index >= 15 is 0 Å². The van der Waals surface area contributed by atoms with E-state index in [0.717, 1.165) is 14.8 Å². The van der Waals surface area contributed by atoms with Crippen molar-refractivity contribution in [2.75, 3.05) is 16.6 Å². The molecule has 0 aliphatic heterocycles. The van der Waals surface area contributed by atoms with Gasteiger partial charge in [0.1, 0.15) is 0 Å². The highest BCUT2D eigenvalue weighted by Crippen LogP contribution is 2.24. The lowest BCUT2D eigenvalue weighted by Gasteiger charge is -2.10. The van der Waals surface area contributed by atoms with Crippen molar-refractivity contribution in [3.63, 3.8) is 0 Å². The summed E-state index contributed by atoms with van der Waals surface area (Å²) in [5, 5.41) is 4.78. The Morgan fingerprint density at radius 2 is 1.71 bits per heavy atom. The number of ether oxygens (including phenoxy) is 1. The molecule has 0 unspecified atom stereocenters. The van der Waals surface area contributed by atoms with Gasteiger partial charge in [0.05, 0.1) is 16.2 Å². The van der Waals surface area contributed by atoms with Crippen LogP contribution in [-0.4, -0.2) is 31.9 Å². The van der Waals surface area contributed by atoms with Gasteiger partial charge in [-0.05, 0) is 65.1 Å². The highest BCUT2D eigenvalue weighted by molar-refractivity contribution is 14.1. The average Bonchev–Trinajstić information content (AvgIpc) is 3.33. The summed E-state index contributed by atoms with van der Waals surface area (Å²) >= 11 is 3.37. The van der Waals surface area contributed by atoms with Crippen LogP contribution in [-0.2, 0) is 19.6 Å². The van der Waals surface area contributed by atoms with Crippen molar-refractivity contribution in [2.45, 2.75) is 4.90 Å². The minimum absolute atomic E-state index is 0.00361. The van der Waals surface area contributed by atoms with Gasteiger partial charge in [-0.15, -0.1) is 11.3 Å². The summed E-state index contributed by atoms with van der Waals surface area (Å²) in [6.45, 7) is -0.545. The van der Waals surface area contributed by atoms with Crippen LogP contribution in [0.15, 0.2) is 89.1 Å². The van der Waals surface area contributed by atoms with E-state index in [2.05, 4.69) is 37.6 Å². The number of anilines is 2. The van der Waals surface area contributed by atoms with Crippen molar-refractivity contribution in [1.82, 2.24) is 4.98 Å². The number of esters is 1. The molecule has 1 amide bonds. The third-order valence-electron chi connectivity index (χ3n) is 4.63. The summed E-state index contributed by atoms with van der Waals surface area (Å²) in [7, 11) is -3.92. The van der Waals surface area contributed by atoms with Crippen LogP contribution in [0.2, 0.25) is 0 Å². The second kappa shape index (κ2) is 11.0. The standard InChI is InChI=1S/C24H18IN3O5S2/c25-18-9-11-19(12-10-18)28-35(31,32)20-8-4-7-17(13-20)23(30)33-14-22(29)27-24-26-21(15-34-24)16-5-2-1-3-6-16/h1-13,15,28H,14H2,(H,26,27,29). The lowest BCUT2D eigenvalue weighted by atomic mass is 10.2. The predicted octanol–water partition coefficient (Wildman–Crippen LogP) is 5.01. The summed E-state index contributed by atoms with van der Waals surface area (Å²) in [6.07, 6.45) is 0. The molecular weight excluding hydrogens is 601 g/mol. The number of aromatic nitrogens is 1. The molecule has 0 aliphatic carbocycles. The molecule has 11 heteroatoms. The van der Waals surface area contributed by atoms with Gasteiger partial charge in [0.25, 0.3) is 15.9 Å². The van der Waals surface area contributed by atoms with Crippen molar-refractivity contribution >= 4 is 66.6 Å². The Kier molecular flexibility index (Phi) is 7.78. The molecule has 0 saturated carbocycles. The zero-order chi connectivity index (χ0) is 24.8. The van der Waals surface area contributed by atoms with Gasteiger partial charge in [-0.1, -0.05) is 36.4 Å². The van der Waals surface area contributed by atoms with Crippen LogP contribution in [0.4, 0.5) is 10.8 Å². The second-order valence-corrected chi connectivity index (χ2v) is 11.0. The third-order valence-corrected chi connectivity index (χ3v) is 7.49. The lowest BCUT2D eigenvalue weighted by Crippen LogP contribution is -2.21. The number of thiazole rings is 1. The minimum Gasteiger partial charge on any atom is -0.452 e. The van der Waals surface area contributed by atoms with Crippen LogP contribution >= 0.6 is 33.9 Å². The molecule has 8 nitrogen and oxygen atoms in total. The van der Waals surface area contributed by atoms with E-state index in [9.17, 15) is 18.0 Å².